The Balaban J connectivity index is 1.94. The Hall–Kier alpha value is -3.87. The molecule has 0 fully saturated rings. The predicted octanol–water partition coefficient (Wildman–Crippen LogP) is 3.63. The summed E-state index contributed by atoms with van der Waals surface area (Å²) in [5, 5.41) is 4.94. The molecule has 0 unspecified atom stereocenters. The molecule has 140 valence electrons. The molecule has 0 bridgehead atoms. The topological polar surface area (TPSA) is 92.3 Å². The smallest absolute Gasteiger partial charge is 0.252 e. The summed E-state index contributed by atoms with van der Waals surface area (Å²) < 4.78 is 13.3. The highest BCUT2D eigenvalue weighted by Gasteiger charge is 2.18. The lowest BCUT2D eigenvalue weighted by molar-refractivity contribution is 0.0998. The first-order valence-electron chi connectivity index (χ1n) is 8.62. The summed E-state index contributed by atoms with van der Waals surface area (Å²) in [6.45, 7) is 1.96. The molecule has 0 saturated carbocycles. The minimum Gasteiger partial charge on any atom is -0.495 e. The second kappa shape index (κ2) is 7.03. The fourth-order valence-corrected chi connectivity index (χ4v) is 3.09. The summed E-state index contributed by atoms with van der Waals surface area (Å²) in [7, 11) is 1.55. The number of primary amides is 1. The highest BCUT2D eigenvalue weighted by molar-refractivity contribution is 6.02. The third kappa shape index (κ3) is 3.03. The van der Waals surface area contributed by atoms with E-state index in [-0.39, 0.29) is 5.56 Å². The zero-order valence-electron chi connectivity index (χ0n) is 15.4. The van der Waals surface area contributed by atoms with E-state index in [2.05, 4.69) is 10.1 Å². The Bertz CT molecular complexity index is 1170. The molecule has 0 aliphatic heterocycles. The molecule has 4 rings (SSSR count). The minimum absolute atomic E-state index is 0.260. The number of hydrogen-bond acceptors (Lipinski definition) is 5. The van der Waals surface area contributed by atoms with Crippen molar-refractivity contribution in [1.82, 2.24) is 14.8 Å². The Morgan fingerprint density at radius 2 is 2.04 bits per heavy atom. The first-order chi connectivity index (χ1) is 13.6. The fourth-order valence-electron chi connectivity index (χ4n) is 3.09. The van der Waals surface area contributed by atoms with Gasteiger partial charge in [0.2, 0.25) is 0 Å². The van der Waals surface area contributed by atoms with Gasteiger partial charge in [0.25, 0.3) is 5.91 Å². The number of aryl methyl sites for hydroxylation is 1. The van der Waals surface area contributed by atoms with E-state index in [4.69, 9.17) is 15.2 Å². The number of nitrogens with two attached hydrogens (primary N) is 1. The standard InChI is InChI=1S/C21H18N4O3/c1-13-5-3-6-18(19(13)25-10-4-9-24-25)28-20-15(21(22)26)7-8-17-16(20)11-14(27-2)12-23-17/h3-12H,1-2H3,(H2,22,26). The molecule has 2 heterocycles. The summed E-state index contributed by atoms with van der Waals surface area (Å²) in [6, 6.07) is 12.6. The molecule has 4 aromatic rings. The number of rotatable bonds is 5. The van der Waals surface area contributed by atoms with E-state index >= 15 is 0 Å². The van der Waals surface area contributed by atoms with Crippen molar-refractivity contribution in [1.29, 1.82) is 0 Å². The van der Waals surface area contributed by atoms with Crippen LogP contribution in [0.4, 0.5) is 0 Å². The molecule has 0 radical (unpaired) electrons. The number of benzene rings is 2. The zero-order valence-corrected chi connectivity index (χ0v) is 15.4. The van der Waals surface area contributed by atoms with E-state index in [9.17, 15) is 4.79 Å². The van der Waals surface area contributed by atoms with Gasteiger partial charge in [-0.25, -0.2) is 4.68 Å². The number of methoxy groups -OCH3 is 1. The summed E-state index contributed by atoms with van der Waals surface area (Å²) in [5.74, 6) is 0.834. The predicted molar refractivity (Wildman–Crippen MR) is 105 cm³/mol. The Morgan fingerprint density at radius 1 is 1.18 bits per heavy atom. The van der Waals surface area contributed by atoms with Crippen molar-refractivity contribution in [3.8, 4) is 22.9 Å². The first-order valence-corrected chi connectivity index (χ1v) is 8.62. The Labute approximate surface area is 161 Å². The van der Waals surface area contributed by atoms with Crippen LogP contribution < -0.4 is 15.2 Å². The average Bonchev–Trinajstić information content (AvgIpc) is 3.22. The lowest BCUT2D eigenvalue weighted by Crippen LogP contribution is -2.13. The monoisotopic (exact) mass is 374 g/mol. The average molecular weight is 374 g/mol. The lowest BCUT2D eigenvalue weighted by Gasteiger charge is -2.17. The van der Waals surface area contributed by atoms with Crippen molar-refractivity contribution in [3.05, 3.63) is 72.2 Å². The first kappa shape index (κ1) is 17.5. The Kier molecular flexibility index (Phi) is 4.41. The number of fused-ring (bicyclic) bond motifs is 1. The molecule has 2 aromatic heterocycles. The van der Waals surface area contributed by atoms with Crippen LogP contribution in [-0.2, 0) is 0 Å². The van der Waals surface area contributed by atoms with Crippen LogP contribution in [0.2, 0.25) is 0 Å². The molecule has 0 aliphatic rings. The van der Waals surface area contributed by atoms with E-state index in [1.807, 2.05) is 37.4 Å². The van der Waals surface area contributed by atoms with Crippen LogP contribution in [0.25, 0.3) is 16.6 Å². The van der Waals surface area contributed by atoms with E-state index in [1.165, 1.54) is 0 Å². The van der Waals surface area contributed by atoms with Crippen molar-refractivity contribution < 1.29 is 14.3 Å². The van der Waals surface area contributed by atoms with Gasteiger partial charge in [0.15, 0.2) is 5.75 Å². The summed E-state index contributed by atoms with van der Waals surface area (Å²) in [6.07, 6.45) is 5.13. The van der Waals surface area contributed by atoms with Crippen molar-refractivity contribution >= 4 is 16.8 Å². The maximum Gasteiger partial charge on any atom is 0.252 e. The lowest BCUT2D eigenvalue weighted by atomic mass is 10.1. The number of nitrogens with zero attached hydrogens (tertiary/aromatic N) is 3. The molecule has 0 saturated heterocycles. The quantitative estimate of drug-likeness (QED) is 0.576. The van der Waals surface area contributed by atoms with Gasteiger partial charge in [-0.15, -0.1) is 0 Å². The third-order valence-electron chi connectivity index (χ3n) is 4.44. The van der Waals surface area contributed by atoms with Gasteiger partial charge in [0, 0.05) is 17.8 Å². The molecular weight excluding hydrogens is 356 g/mol. The zero-order chi connectivity index (χ0) is 19.7. The Morgan fingerprint density at radius 3 is 2.75 bits per heavy atom. The van der Waals surface area contributed by atoms with Crippen molar-refractivity contribution in [3.63, 3.8) is 0 Å². The van der Waals surface area contributed by atoms with E-state index in [0.717, 1.165) is 11.3 Å². The van der Waals surface area contributed by atoms with Crippen LogP contribution in [0.1, 0.15) is 15.9 Å². The summed E-state index contributed by atoms with van der Waals surface area (Å²) in [5.41, 5.74) is 8.27. The van der Waals surface area contributed by atoms with Gasteiger partial charge in [0.1, 0.15) is 17.2 Å². The van der Waals surface area contributed by atoms with Gasteiger partial charge >= 0.3 is 0 Å². The van der Waals surface area contributed by atoms with Gasteiger partial charge in [-0.2, -0.15) is 5.10 Å². The molecule has 7 heteroatoms. The molecule has 2 N–H and O–H groups in total. The van der Waals surface area contributed by atoms with E-state index < -0.39 is 5.91 Å². The summed E-state index contributed by atoms with van der Waals surface area (Å²) in [4.78, 5) is 16.4. The molecule has 28 heavy (non-hydrogen) atoms. The number of para-hydroxylation sites is 1. The minimum atomic E-state index is -0.590. The van der Waals surface area contributed by atoms with Crippen LogP contribution in [0.3, 0.4) is 0 Å². The second-order valence-electron chi connectivity index (χ2n) is 6.22. The van der Waals surface area contributed by atoms with E-state index in [1.54, 1.807) is 42.4 Å². The van der Waals surface area contributed by atoms with Gasteiger partial charge in [-0.3, -0.25) is 9.78 Å². The van der Waals surface area contributed by atoms with Gasteiger partial charge in [-0.1, -0.05) is 12.1 Å². The van der Waals surface area contributed by atoms with Crippen LogP contribution in [0.5, 0.6) is 17.2 Å². The molecule has 1 amide bonds. The number of carbonyl (C=O) groups is 1. The van der Waals surface area contributed by atoms with Gasteiger partial charge < -0.3 is 15.2 Å². The van der Waals surface area contributed by atoms with Crippen LogP contribution >= 0.6 is 0 Å². The molecule has 7 nitrogen and oxygen atoms in total. The second-order valence-corrected chi connectivity index (χ2v) is 6.22. The molecule has 0 atom stereocenters. The van der Waals surface area contributed by atoms with Gasteiger partial charge in [0.05, 0.1) is 24.4 Å². The highest BCUT2D eigenvalue weighted by Crippen LogP contribution is 2.37. The van der Waals surface area contributed by atoms with Crippen LogP contribution in [0.15, 0.2) is 61.1 Å². The summed E-state index contributed by atoms with van der Waals surface area (Å²) >= 11 is 0. The molecular formula is C21H18N4O3. The van der Waals surface area contributed by atoms with E-state index in [0.29, 0.717) is 28.2 Å². The largest absolute Gasteiger partial charge is 0.495 e. The fraction of sp³-hybridized carbons (Fsp3) is 0.0952. The third-order valence-corrected chi connectivity index (χ3v) is 4.44. The molecule has 2 aromatic carbocycles. The van der Waals surface area contributed by atoms with Crippen molar-refractivity contribution in [2.24, 2.45) is 5.73 Å². The maximum atomic E-state index is 12.1. The number of ether oxygens (including phenoxy) is 2. The number of pyridine rings is 1. The van der Waals surface area contributed by atoms with Crippen LogP contribution in [-0.4, -0.2) is 27.8 Å². The maximum absolute atomic E-state index is 12.1. The highest BCUT2D eigenvalue weighted by atomic mass is 16.5. The van der Waals surface area contributed by atoms with Gasteiger partial charge in [-0.05, 0) is 42.8 Å². The van der Waals surface area contributed by atoms with Crippen molar-refractivity contribution in [2.45, 2.75) is 6.92 Å². The van der Waals surface area contributed by atoms with Crippen molar-refractivity contribution in [2.75, 3.05) is 7.11 Å². The number of hydrogen-bond donors (Lipinski definition) is 1. The SMILES string of the molecule is COc1cnc2ccc(C(N)=O)c(Oc3cccc(C)c3-n3cccn3)c2c1. The molecule has 0 aliphatic carbocycles. The molecule has 0 spiro atoms. The number of aromatic nitrogens is 3. The number of amides is 1. The number of carbonyl (C=O) groups excluding carboxylic acids is 1. The normalized spacial score (nSPS) is 10.8. The van der Waals surface area contributed by atoms with Crippen LogP contribution in [0, 0.1) is 6.92 Å².